The maximum Gasteiger partial charge on any atom is 0.320 e. The van der Waals surface area contributed by atoms with E-state index in [1.807, 2.05) is 0 Å². The van der Waals surface area contributed by atoms with Crippen LogP contribution in [0.5, 0.6) is 0 Å². The van der Waals surface area contributed by atoms with Gasteiger partial charge in [-0.2, -0.15) is 0 Å². The zero-order valence-electron chi connectivity index (χ0n) is 5.92. The standard InChI is InChI=1S/C6H11N3O/c1-4(7)9(6(8)10)5-2-3-5/h5,7H,2-3H2,1H3,(H2,8,10). The van der Waals surface area contributed by atoms with Gasteiger partial charge >= 0.3 is 6.03 Å². The molecule has 0 saturated heterocycles. The third-order valence-corrected chi connectivity index (χ3v) is 1.51. The zero-order chi connectivity index (χ0) is 7.72. The Morgan fingerprint density at radius 3 is 2.30 bits per heavy atom. The first-order valence-corrected chi connectivity index (χ1v) is 3.26. The number of nitrogens with two attached hydrogens (primary N) is 1. The lowest BCUT2D eigenvalue weighted by atomic mass is 10.5. The number of nitrogens with zero attached hydrogens (tertiary/aromatic N) is 1. The number of primary amides is 1. The summed E-state index contributed by atoms with van der Waals surface area (Å²) in [7, 11) is 0. The first-order chi connectivity index (χ1) is 4.63. The van der Waals surface area contributed by atoms with Gasteiger partial charge in [0, 0.05) is 6.04 Å². The summed E-state index contributed by atoms with van der Waals surface area (Å²) in [5.41, 5.74) is 5.02. The number of carbonyl (C=O) groups is 1. The average Bonchev–Trinajstić information content (AvgIpc) is 2.46. The molecule has 2 amide bonds. The van der Waals surface area contributed by atoms with Crippen LogP contribution in [0.15, 0.2) is 0 Å². The monoisotopic (exact) mass is 141 g/mol. The first-order valence-electron chi connectivity index (χ1n) is 3.26. The molecule has 0 aromatic rings. The third-order valence-electron chi connectivity index (χ3n) is 1.51. The summed E-state index contributed by atoms with van der Waals surface area (Å²) in [5.74, 6) is 0.245. The van der Waals surface area contributed by atoms with Gasteiger partial charge in [-0.3, -0.25) is 10.3 Å². The fourth-order valence-corrected chi connectivity index (χ4v) is 0.952. The fourth-order valence-electron chi connectivity index (χ4n) is 0.952. The molecule has 0 atom stereocenters. The summed E-state index contributed by atoms with van der Waals surface area (Å²) in [4.78, 5) is 12.0. The van der Waals surface area contributed by atoms with Crippen LogP contribution < -0.4 is 5.73 Å². The molecular formula is C6H11N3O. The van der Waals surface area contributed by atoms with Gasteiger partial charge in [-0.25, -0.2) is 4.79 Å². The Bertz CT molecular complexity index is 160. The molecule has 4 heteroatoms. The van der Waals surface area contributed by atoms with Crippen molar-refractivity contribution in [3.63, 3.8) is 0 Å². The summed E-state index contributed by atoms with van der Waals surface area (Å²) in [6, 6.07) is -0.287. The topological polar surface area (TPSA) is 70.2 Å². The Hall–Kier alpha value is -1.06. The van der Waals surface area contributed by atoms with Gasteiger partial charge < -0.3 is 5.73 Å². The van der Waals surface area contributed by atoms with E-state index in [1.165, 1.54) is 4.90 Å². The molecule has 10 heavy (non-hydrogen) atoms. The van der Waals surface area contributed by atoms with E-state index in [2.05, 4.69) is 0 Å². The number of hydrogen-bond donors (Lipinski definition) is 2. The molecule has 1 fully saturated rings. The second-order valence-corrected chi connectivity index (χ2v) is 2.52. The highest BCUT2D eigenvalue weighted by atomic mass is 16.2. The predicted molar refractivity (Wildman–Crippen MR) is 37.8 cm³/mol. The van der Waals surface area contributed by atoms with E-state index in [0.717, 1.165) is 12.8 Å². The minimum atomic E-state index is -0.505. The smallest absolute Gasteiger partial charge is 0.320 e. The third kappa shape index (κ3) is 1.26. The number of amidine groups is 1. The van der Waals surface area contributed by atoms with E-state index in [9.17, 15) is 4.79 Å². The molecule has 0 bridgehead atoms. The van der Waals surface area contributed by atoms with E-state index >= 15 is 0 Å². The zero-order valence-corrected chi connectivity index (χ0v) is 5.92. The minimum Gasteiger partial charge on any atom is -0.351 e. The number of urea groups is 1. The molecule has 0 aromatic heterocycles. The second kappa shape index (κ2) is 2.28. The van der Waals surface area contributed by atoms with Gasteiger partial charge in [0.2, 0.25) is 0 Å². The van der Waals surface area contributed by atoms with Crippen molar-refractivity contribution in [2.75, 3.05) is 0 Å². The Balaban J connectivity index is 2.58. The van der Waals surface area contributed by atoms with Gasteiger partial charge in [0.15, 0.2) is 0 Å². The molecule has 1 saturated carbocycles. The Kier molecular flexibility index (Phi) is 1.61. The van der Waals surface area contributed by atoms with Crippen LogP contribution in [-0.4, -0.2) is 22.8 Å². The van der Waals surface area contributed by atoms with Crippen molar-refractivity contribution in [3.8, 4) is 0 Å². The Labute approximate surface area is 59.5 Å². The molecular weight excluding hydrogens is 130 g/mol. The highest BCUT2D eigenvalue weighted by Crippen LogP contribution is 2.26. The molecule has 4 nitrogen and oxygen atoms in total. The minimum absolute atomic E-state index is 0.218. The largest absolute Gasteiger partial charge is 0.351 e. The van der Waals surface area contributed by atoms with E-state index < -0.39 is 6.03 Å². The van der Waals surface area contributed by atoms with Crippen LogP contribution in [0.1, 0.15) is 19.8 Å². The maximum atomic E-state index is 10.6. The summed E-state index contributed by atoms with van der Waals surface area (Å²) in [5, 5.41) is 7.18. The quantitative estimate of drug-likeness (QED) is 0.405. The molecule has 56 valence electrons. The second-order valence-electron chi connectivity index (χ2n) is 2.52. The average molecular weight is 141 g/mol. The molecule has 0 aromatic carbocycles. The van der Waals surface area contributed by atoms with Crippen molar-refractivity contribution in [2.24, 2.45) is 5.73 Å². The van der Waals surface area contributed by atoms with Crippen molar-refractivity contribution < 1.29 is 4.79 Å². The van der Waals surface area contributed by atoms with Crippen LogP contribution in [0.3, 0.4) is 0 Å². The fraction of sp³-hybridized carbons (Fsp3) is 0.667. The molecule has 0 spiro atoms. The van der Waals surface area contributed by atoms with E-state index in [0.29, 0.717) is 0 Å². The van der Waals surface area contributed by atoms with Crippen molar-refractivity contribution in [2.45, 2.75) is 25.8 Å². The van der Waals surface area contributed by atoms with E-state index in [1.54, 1.807) is 6.92 Å². The molecule has 1 aliphatic carbocycles. The number of amides is 2. The molecule has 0 aliphatic heterocycles. The molecule has 3 N–H and O–H groups in total. The molecule has 1 rings (SSSR count). The van der Waals surface area contributed by atoms with E-state index in [-0.39, 0.29) is 11.9 Å². The Morgan fingerprint density at radius 2 is 2.20 bits per heavy atom. The van der Waals surface area contributed by atoms with Crippen molar-refractivity contribution in [3.05, 3.63) is 0 Å². The lowest BCUT2D eigenvalue weighted by Gasteiger charge is -2.16. The summed E-state index contributed by atoms with van der Waals surface area (Å²) >= 11 is 0. The van der Waals surface area contributed by atoms with Gasteiger partial charge in [0.25, 0.3) is 0 Å². The van der Waals surface area contributed by atoms with Crippen LogP contribution in [0.2, 0.25) is 0 Å². The van der Waals surface area contributed by atoms with Crippen LogP contribution in [0.25, 0.3) is 0 Å². The molecule has 0 heterocycles. The van der Waals surface area contributed by atoms with Crippen molar-refractivity contribution in [1.29, 1.82) is 5.41 Å². The number of hydrogen-bond acceptors (Lipinski definition) is 2. The van der Waals surface area contributed by atoms with Crippen molar-refractivity contribution in [1.82, 2.24) is 4.90 Å². The molecule has 1 aliphatic rings. The van der Waals surface area contributed by atoms with Gasteiger partial charge in [-0.1, -0.05) is 0 Å². The highest BCUT2D eigenvalue weighted by molar-refractivity contribution is 5.94. The van der Waals surface area contributed by atoms with Crippen LogP contribution in [-0.2, 0) is 0 Å². The Morgan fingerprint density at radius 1 is 1.70 bits per heavy atom. The molecule has 0 radical (unpaired) electrons. The van der Waals surface area contributed by atoms with Crippen LogP contribution in [0.4, 0.5) is 4.79 Å². The van der Waals surface area contributed by atoms with Crippen LogP contribution in [0, 0.1) is 5.41 Å². The van der Waals surface area contributed by atoms with Crippen LogP contribution >= 0.6 is 0 Å². The summed E-state index contributed by atoms with van der Waals surface area (Å²) < 4.78 is 0. The summed E-state index contributed by atoms with van der Waals surface area (Å²) in [6.45, 7) is 1.57. The van der Waals surface area contributed by atoms with Gasteiger partial charge in [-0.05, 0) is 19.8 Å². The lowest BCUT2D eigenvalue weighted by molar-refractivity contribution is 0.228. The summed E-state index contributed by atoms with van der Waals surface area (Å²) in [6.07, 6.45) is 1.97. The van der Waals surface area contributed by atoms with Crippen molar-refractivity contribution >= 4 is 11.9 Å². The molecule has 0 unspecified atom stereocenters. The van der Waals surface area contributed by atoms with Gasteiger partial charge in [-0.15, -0.1) is 0 Å². The normalized spacial score (nSPS) is 16.5. The van der Waals surface area contributed by atoms with Gasteiger partial charge in [0.1, 0.15) is 5.84 Å². The number of nitrogens with one attached hydrogen (secondary N) is 1. The van der Waals surface area contributed by atoms with E-state index in [4.69, 9.17) is 11.1 Å². The predicted octanol–water partition coefficient (Wildman–Crippen LogP) is 0.527. The maximum absolute atomic E-state index is 10.6. The number of carbonyl (C=O) groups excluding carboxylic acids is 1. The highest BCUT2D eigenvalue weighted by Gasteiger charge is 2.32. The first kappa shape index (κ1) is 7.05. The SMILES string of the molecule is CC(=N)N(C(N)=O)C1CC1. The number of rotatable bonds is 1. The van der Waals surface area contributed by atoms with Gasteiger partial charge in [0.05, 0.1) is 0 Å². The lowest BCUT2D eigenvalue weighted by Crippen LogP contribution is -2.40.